The van der Waals surface area contributed by atoms with Crippen LogP contribution in [0.3, 0.4) is 0 Å². The van der Waals surface area contributed by atoms with Crippen LogP contribution in [0.25, 0.3) is 0 Å². The van der Waals surface area contributed by atoms with Crippen LogP contribution in [-0.2, 0) is 0 Å². The van der Waals surface area contributed by atoms with Gasteiger partial charge in [0, 0.05) is 0 Å². The Morgan fingerprint density at radius 2 is 1.92 bits per heavy atom. The van der Waals surface area contributed by atoms with Crippen molar-refractivity contribution in [2.75, 3.05) is 0 Å². The van der Waals surface area contributed by atoms with Crippen LogP contribution in [0.1, 0.15) is 59.8 Å². The van der Waals surface area contributed by atoms with E-state index in [1.807, 2.05) is 0 Å². The molecule has 0 nitrogen and oxygen atoms in total. The normalized spacial score (nSPS) is 41.0. The maximum absolute atomic E-state index is 2.48. The van der Waals surface area contributed by atoms with E-state index in [9.17, 15) is 0 Å². The molecule has 1 aliphatic rings. The van der Waals surface area contributed by atoms with Crippen LogP contribution in [0, 0.1) is 17.3 Å². The van der Waals surface area contributed by atoms with Crippen LogP contribution in [0.5, 0.6) is 0 Å². The molecule has 0 amide bonds. The van der Waals surface area contributed by atoms with E-state index in [-0.39, 0.29) is 0 Å². The summed E-state index contributed by atoms with van der Waals surface area (Å²) in [6, 6.07) is 0. The lowest BCUT2D eigenvalue weighted by molar-refractivity contribution is -0.0381. The van der Waals surface area contributed by atoms with Crippen molar-refractivity contribution in [1.29, 1.82) is 0 Å². The summed E-state index contributed by atoms with van der Waals surface area (Å²) < 4.78 is 0. The number of hydrogen-bond acceptors (Lipinski definition) is 0. The molecule has 0 aromatic heterocycles. The lowest BCUT2D eigenvalue weighted by Gasteiger charge is -2.53. The summed E-state index contributed by atoms with van der Waals surface area (Å²) in [5.41, 5.74) is 0.703. The van der Waals surface area contributed by atoms with E-state index >= 15 is 0 Å². The summed E-state index contributed by atoms with van der Waals surface area (Å²) in [6.45, 7) is 9.51. The standard InChI is InChI=1S/C12H24/c1-5-8-10-9-12(4,7-3)11(10)6-2/h10-11H,5-9H2,1-4H3. The van der Waals surface area contributed by atoms with Gasteiger partial charge in [0.2, 0.25) is 0 Å². The molecule has 0 bridgehead atoms. The van der Waals surface area contributed by atoms with Gasteiger partial charge in [0.15, 0.2) is 0 Å². The first kappa shape index (κ1) is 10.1. The molecule has 3 unspecified atom stereocenters. The van der Waals surface area contributed by atoms with Crippen LogP contribution in [0.2, 0.25) is 0 Å². The Kier molecular flexibility index (Phi) is 3.20. The molecule has 3 atom stereocenters. The third-order valence-electron chi connectivity index (χ3n) is 4.10. The van der Waals surface area contributed by atoms with Gasteiger partial charge in [0.05, 0.1) is 0 Å². The van der Waals surface area contributed by atoms with E-state index < -0.39 is 0 Å². The Balaban J connectivity index is 2.45. The molecule has 0 heterocycles. The zero-order valence-electron chi connectivity index (χ0n) is 9.19. The van der Waals surface area contributed by atoms with Gasteiger partial charge >= 0.3 is 0 Å². The van der Waals surface area contributed by atoms with Crippen molar-refractivity contribution >= 4 is 0 Å². The zero-order valence-corrected chi connectivity index (χ0v) is 9.19. The minimum atomic E-state index is 0.703. The molecule has 0 saturated heterocycles. The van der Waals surface area contributed by atoms with Gasteiger partial charge in [-0.25, -0.2) is 0 Å². The minimum Gasteiger partial charge on any atom is -0.0654 e. The van der Waals surface area contributed by atoms with Gasteiger partial charge < -0.3 is 0 Å². The van der Waals surface area contributed by atoms with E-state index in [0.717, 1.165) is 11.8 Å². The van der Waals surface area contributed by atoms with Crippen molar-refractivity contribution in [3.8, 4) is 0 Å². The average Bonchev–Trinajstić information content (AvgIpc) is 2.04. The minimum absolute atomic E-state index is 0.703. The van der Waals surface area contributed by atoms with Crippen LogP contribution < -0.4 is 0 Å². The fourth-order valence-corrected chi connectivity index (χ4v) is 3.21. The molecule has 0 N–H and O–H groups in total. The van der Waals surface area contributed by atoms with Crippen LogP contribution in [0.4, 0.5) is 0 Å². The highest BCUT2D eigenvalue weighted by Crippen LogP contribution is 2.56. The largest absolute Gasteiger partial charge is 0.0654 e. The van der Waals surface area contributed by atoms with Crippen molar-refractivity contribution in [3.63, 3.8) is 0 Å². The van der Waals surface area contributed by atoms with E-state index in [1.54, 1.807) is 0 Å². The fraction of sp³-hybridized carbons (Fsp3) is 1.00. The van der Waals surface area contributed by atoms with Gasteiger partial charge in [-0.05, 0) is 23.7 Å². The van der Waals surface area contributed by atoms with Gasteiger partial charge in [0.1, 0.15) is 0 Å². The maximum atomic E-state index is 2.48. The highest BCUT2D eigenvalue weighted by molar-refractivity contribution is 4.96. The third-order valence-corrected chi connectivity index (χ3v) is 4.10. The number of rotatable bonds is 4. The highest BCUT2D eigenvalue weighted by atomic mass is 14.5. The molecule has 0 radical (unpaired) electrons. The highest BCUT2D eigenvalue weighted by Gasteiger charge is 2.46. The Morgan fingerprint density at radius 3 is 2.33 bits per heavy atom. The lowest BCUT2D eigenvalue weighted by Crippen LogP contribution is -2.45. The Morgan fingerprint density at radius 1 is 1.25 bits per heavy atom. The number of hydrogen-bond donors (Lipinski definition) is 0. The molecule has 0 aromatic rings. The van der Waals surface area contributed by atoms with Crippen molar-refractivity contribution in [3.05, 3.63) is 0 Å². The zero-order chi connectivity index (χ0) is 9.19. The molecule has 1 fully saturated rings. The first-order valence-electron chi connectivity index (χ1n) is 5.68. The van der Waals surface area contributed by atoms with Crippen molar-refractivity contribution in [2.24, 2.45) is 17.3 Å². The second-order valence-corrected chi connectivity index (χ2v) is 4.78. The van der Waals surface area contributed by atoms with Crippen LogP contribution in [0.15, 0.2) is 0 Å². The quantitative estimate of drug-likeness (QED) is 0.588. The van der Waals surface area contributed by atoms with Crippen molar-refractivity contribution < 1.29 is 0 Å². The summed E-state index contributed by atoms with van der Waals surface area (Å²) in [5.74, 6) is 2.09. The Labute approximate surface area is 77.7 Å². The Bertz CT molecular complexity index is 139. The monoisotopic (exact) mass is 168 g/mol. The van der Waals surface area contributed by atoms with Crippen LogP contribution in [-0.4, -0.2) is 0 Å². The summed E-state index contributed by atoms with van der Waals surface area (Å²) >= 11 is 0. The van der Waals surface area contributed by atoms with Crippen molar-refractivity contribution in [1.82, 2.24) is 0 Å². The summed E-state index contributed by atoms with van der Waals surface area (Å²) in [4.78, 5) is 0. The molecule has 1 aliphatic carbocycles. The second-order valence-electron chi connectivity index (χ2n) is 4.78. The van der Waals surface area contributed by atoms with E-state index in [4.69, 9.17) is 0 Å². The Hall–Kier alpha value is 0. The molecule has 0 aromatic carbocycles. The SMILES string of the molecule is CCCC1CC(C)(CC)C1CC. The first-order valence-corrected chi connectivity index (χ1v) is 5.68. The fourth-order valence-electron chi connectivity index (χ4n) is 3.21. The summed E-state index contributed by atoms with van der Waals surface area (Å²) in [6.07, 6.45) is 7.12. The van der Waals surface area contributed by atoms with Crippen LogP contribution >= 0.6 is 0 Å². The molecule has 0 heteroatoms. The molecule has 1 rings (SSSR count). The molecule has 0 aliphatic heterocycles. The van der Waals surface area contributed by atoms with Gasteiger partial charge in [-0.1, -0.05) is 53.4 Å². The molecule has 1 saturated carbocycles. The predicted octanol–water partition coefficient (Wildman–Crippen LogP) is 4.25. The molecule has 12 heavy (non-hydrogen) atoms. The lowest BCUT2D eigenvalue weighted by atomic mass is 9.52. The van der Waals surface area contributed by atoms with Gasteiger partial charge in [0.25, 0.3) is 0 Å². The first-order chi connectivity index (χ1) is 5.68. The van der Waals surface area contributed by atoms with E-state index in [1.165, 1.54) is 32.1 Å². The van der Waals surface area contributed by atoms with Crippen molar-refractivity contribution in [2.45, 2.75) is 59.8 Å². The third kappa shape index (κ3) is 1.53. The topological polar surface area (TPSA) is 0 Å². The van der Waals surface area contributed by atoms with Gasteiger partial charge in [-0.15, -0.1) is 0 Å². The molecule has 72 valence electrons. The summed E-state index contributed by atoms with van der Waals surface area (Å²) in [5, 5.41) is 0. The molecular weight excluding hydrogens is 144 g/mol. The second kappa shape index (κ2) is 3.81. The maximum Gasteiger partial charge on any atom is -0.0295 e. The van der Waals surface area contributed by atoms with Gasteiger partial charge in [-0.2, -0.15) is 0 Å². The molecular formula is C12H24. The van der Waals surface area contributed by atoms with E-state index in [0.29, 0.717) is 5.41 Å². The predicted molar refractivity (Wildman–Crippen MR) is 55.2 cm³/mol. The van der Waals surface area contributed by atoms with Gasteiger partial charge in [-0.3, -0.25) is 0 Å². The van der Waals surface area contributed by atoms with E-state index in [2.05, 4.69) is 27.7 Å². The average molecular weight is 168 g/mol. The smallest absolute Gasteiger partial charge is 0.0295 e. The summed E-state index contributed by atoms with van der Waals surface area (Å²) in [7, 11) is 0. The molecule has 0 spiro atoms.